The molecule has 3 aromatic rings. The summed E-state index contributed by atoms with van der Waals surface area (Å²) in [5.74, 6) is -0.410. The van der Waals surface area contributed by atoms with E-state index < -0.39 is 23.2 Å². The van der Waals surface area contributed by atoms with Gasteiger partial charge in [-0.2, -0.15) is 4.98 Å². The number of carbonyl (C=O) groups is 1. The fourth-order valence-electron chi connectivity index (χ4n) is 4.55. The highest BCUT2D eigenvalue weighted by molar-refractivity contribution is 6.30. The van der Waals surface area contributed by atoms with Gasteiger partial charge in [-0.15, -0.1) is 0 Å². The molecule has 0 N–H and O–H groups in total. The molecule has 1 fully saturated rings. The van der Waals surface area contributed by atoms with Gasteiger partial charge >= 0.3 is 11.8 Å². The zero-order valence-corrected chi connectivity index (χ0v) is 22.9. The van der Waals surface area contributed by atoms with Crippen molar-refractivity contribution in [2.45, 2.75) is 66.0 Å². The summed E-state index contributed by atoms with van der Waals surface area (Å²) in [5, 5.41) is 0.00549. The molecule has 198 valence electrons. The molecule has 1 aliphatic heterocycles. The molecule has 1 atom stereocenters. The number of anilines is 1. The molecule has 0 unspecified atom stereocenters. The van der Waals surface area contributed by atoms with Crippen LogP contribution in [0.5, 0.6) is 0 Å². The molecular weight excluding hydrogens is 499 g/mol. The second-order valence-electron chi connectivity index (χ2n) is 10.7. The van der Waals surface area contributed by atoms with Gasteiger partial charge in [-0.1, -0.05) is 25.4 Å². The van der Waals surface area contributed by atoms with Gasteiger partial charge in [0, 0.05) is 31.9 Å². The zero-order valence-electron chi connectivity index (χ0n) is 22.2. The van der Waals surface area contributed by atoms with Gasteiger partial charge in [0.25, 0.3) is 0 Å². The summed E-state index contributed by atoms with van der Waals surface area (Å²) in [4.78, 5) is 42.9. The Kier molecular flexibility index (Phi) is 7.16. The molecule has 0 radical (unpaired) electrons. The van der Waals surface area contributed by atoms with Crippen molar-refractivity contribution in [1.29, 1.82) is 0 Å². The molecule has 37 heavy (non-hydrogen) atoms. The first-order valence-electron chi connectivity index (χ1n) is 12.3. The first-order valence-corrected chi connectivity index (χ1v) is 12.7. The van der Waals surface area contributed by atoms with Crippen molar-refractivity contribution in [3.63, 3.8) is 0 Å². The molecule has 1 aliphatic rings. The first kappa shape index (κ1) is 26.8. The average Bonchev–Trinajstić information content (AvgIpc) is 2.79. The number of pyridine rings is 2. The lowest BCUT2D eigenvalue weighted by Gasteiger charge is -2.40. The molecule has 9 nitrogen and oxygen atoms in total. The monoisotopic (exact) mass is 530 g/mol. The third kappa shape index (κ3) is 5.25. The van der Waals surface area contributed by atoms with Crippen LogP contribution >= 0.6 is 11.6 Å². The molecule has 0 spiro atoms. The lowest BCUT2D eigenvalue weighted by Crippen LogP contribution is -2.55. The Bertz CT molecular complexity index is 1420. The van der Waals surface area contributed by atoms with Crippen molar-refractivity contribution in [2.75, 3.05) is 24.5 Å². The maximum absolute atomic E-state index is 14.7. The maximum Gasteiger partial charge on any atom is 0.410 e. The highest BCUT2D eigenvalue weighted by Crippen LogP contribution is 2.31. The molecule has 0 aromatic carbocycles. The lowest BCUT2D eigenvalue weighted by atomic mass is 10.0. The minimum Gasteiger partial charge on any atom is -0.444 e. The molecule has 0 bridgehead atoms. The van der Waals surface area contributed by atoms with Gasteiger partial charge in [-0.05, 0) is 58.2 Å². The number of hydrogen-bond acceptors (Lipinski definition) is 7. The number of hydrogen-bond donors (Lipinski definition) is 0. The number of carbonyl (C=O) groups excluding carboxylic acids is 1. The number of halogens is 2. The number of aromatic nitrogens is 4. The predicted molar refractivity (Wildman–Crippen MR) is 141 cm³/mol. The van der Waals surface area contributed by atoms with Gasteiger partial charge in [0.1, 0.15) is 11.4 Å². The number of fused-ring (bicyclic) bond motifs is 1. The predicted octanol–water partition coefficient (Wildman–Crippen LogP) is 4.85. The SMILES string of the molecule is Cc1ccnc(C(C)C)c1-n1c(=O)nc(N2CCN(C(=O)OC(C)(C)C)[C@H](C)C2)c2cc(F)c(Cl)nc21. The number of aryl methyl sites for hydroxylation is 1. The van der Waals surface area contributed by atoms with Crippen LogP contribution in [-0.4, -0.2) is 61.8 Å². The molecule has 4 rings (SSSR count). The smallest absolute Gasteiger partial charge is 0.410 e. The van der Waals surface area contributed by atoms with Crippen LogP contribution in [-0.2, 0) is 4.74 Å². The molecule has 11 heteroatoms. The van der Waals surface area contributed by atoms with Gasteiger partial charge in [0.15, 0.2) is 16.6 Å². The van der Waals surface area contributed by atoms with Crippen LogP contribution in [0.4, 0.5) is 15.0 Å². The van der Waals surface area contributed by atoms with E-state index in [4.69, 9.17) is 16.3 Å². The Morgan fingerprint density at radius 3 is 2.57 bits per heavy atom. The van der Waals surface area contributed by atoms with Gasteiger partial charge in [-0.3, -0.25) is 4.98 Å². The fraction of sp³-hybridized carbons (Fsp3) is 0.500. The topological polar surface area (TPSA) is 93.5 Å². The third-order valence-corrected chi connectivity index (χ3v) is 6.50. The van der Waals surface area contributed by atoms with E-state index >= 15 is 0 Å². The molecule has 1 amide bonds. The maximum atomic E-state index is 14.7. The summed E-state index contributed by atoms with van der Waals surface area (Å²) in [6, 6.07) is 2.83. The summed E-state index contributed by atoms with van der Waals surface area (Å²) >= 11 is 6.10. The summed E-state index contributed by atoms with van der Waals surface area (Å²) in [7, 11) is 0. The van der Waals surface area contributed by atoms with Crippen molar-refractivity contribution in [2.24, 2.45) is 0 Å². The van der Waals surface area contributed by atoms with E-state index in [1.807, 2.05) is 53.4 Å². The van der Waals surface area contributed by atoms with Gasteiger partial charge in [0.2, 0.25) is 0 Å². The summed E-state index contributed by atoms with van der Waals surface area (Å²) in [6.45, 7) is 14.3. The number of amides is 1. The number of nitrogens with zero attached hydrogens (tertiary/aromatic N) is 6. The molecule has 1 saturated heterocycles. The van der Waals surface area contributed by atoms with Crippen LogP contribution in [0, 0.1) is 12.7 Å². The Morgan fingerprint density at radius 1 is 1.24 bits per heavy atom. The Hall–Kier alpha value is -3.27. The van der Waals surface area contributed by atoms with E-state index in [9.17, 15) is 14.0 Å². The summed E-state index contributed by atoms with van der Waals surface area (Å²) in [5.41, 5.74) is 1.07. The number of rotatable bonds is 3. The van der Waals surface area contributed by atoms with Crippen molar-refractivity contribution in [3.05, 3.63) is 51.0 Å². The largest absolute Gasteiger partial charge is 0.444 e. The van der Waals surface area contributed by atoms with Crippen LogP contribution in [0.2, 0.25) is 5.15 Å². The Balaban J connectivity index is 1.83. The first-order chi connectivity index (χ1) is 17.3. The van der Waals surface area contributed by atoms with Crippen LogP contribution in [0.3, 0.4) is 0 Å². The van der Waals surface area contributed by atoms with E-state index in [2.05, 4.69) is 15.0 Å². The Labute approximate surface area is 220 Å². The van der Waals surface area contributed by atoms with E-state index in [1.165, 1.54) is 10.6 Å². The van der Waals surface area contributed by atoms with E-state index in [1.54, 1.807) is 17.2 Å². The average molecular weight is 531 g/mol. The minimum absolute atomic E-state index is 0.00854. The third-order valence-electron chi connectivity index (χ3n) is 6.24. The van der Waals surface area contributed by atoms with Crippen LogP contribution in [0.15, 0.2) is 23.1 Å². The standard InChI is InChI=1S/C26H32ClFN6O3/c1-14(2)19-20(15(3)8-9-29-19)34-23-17(12-18(28)21(27)30-23)22(31-24(34)35)32-10-11-33(16(4)13-32)25(36)37-26(5,6)7/h8-9,12,14,16H,10-11,13H2,1-7H3/t16-/m1/s1. The highest BCUT2D eigenvalue weighted by Gasteiger charge is 2.33. The van der Waals surface area contributed by atoms with Crippen molar-refractivity contribution >= 4 is 34.5 Å². The Morgan fingerprint density at radius 2 is 1.95 bits per heavy atom. The lowest BCUT2D eigenvalue weighted by molar-refractivity contribution is 0.0158. The molecule has 3 aromatic heterocycles. The van der Waals surface area contributed by atoms with Gasteiger partial charge in [-0.25, -0.2) is 23.5 Å². The van der Waals surface area contributed by atoms with Crippen molar-refractivity contribution < 1.29 is 13.9 Å². The summed E-state index contributed by atoms with van der Waals surface area (Å²) in [6.07, 6.45) is 1.29. The molecule has 0 saturated carbocycles. The van der Waals surface area contributed by atoms with Crippen molar-refractivity contribution in [1.82, 2.24) is 24.4 Å². The molecule has 4 heterocycles. The quantitative estimate of drug-likeness (QED) is 0.447. The van der Waals surface area contributed by atoms with Crippen molar-refractivity contribution in [3.8, 4) is 5.69 Å². The zero-order chi connectivity index (χ0) is 27.2. The summed E-state index contributed by atoms with van der Waals surface area (Å²) < 4.78 is 21.6. The normalized spacial score (nSPS) is 16.5. The van der Waals surface area contributed by atoms with Gasteiger partial charge in [0.05, 0.1) is 16.8 Å². The molecular formula is C26H32ClFN6O3. The number of ether oxygens (including phenoxy) is 1. The second kappa shape index (κ2) is 9.89. The van der Waals surface area contributed by atoms with E-state index in [-0.39, 0.29) is 22.8 Å². The number of piperazine rings is 1. The van der Waals surface area contributed by atoms with E-state index in [0.717, 1.165) is 5.56 Å². The minimum atomic E-state index is -0.713. The fourth-order valence-corrected chi connectivity index (χ4v) is 4.69. The highest BCUT2D eigenvalue weighted by atomic mass is 35.5. The molecule has 0 aliphatic carbocycles. The second-order valence-corrected chi connectivity index (χ2v) is 11.0. The van der Waals surface area contributed by atoms with Crippen LogP contribution < -0.4 is 10.6 Å². The van der Waals surface area contributed by atoms with E-state index in [0.29, 0.717) is 42.2 Å². The van der Waals surface area contributed by atoms with Crippen LogP contribution in [0.25, 0.3) is 16.7 Å². The van der Waals surface area contributed by atoms with Crippen LogP contribution in [0.1, 0.15) is 58.7 Å². The van der Waals surface area contributed by atoms with Gasteiger partial charge < -0.3 is 14.5 Å².